The number of esters is 2. The summed E-state index contributed by atoms with van der Waals surface area (Å²) in [6.07, 6.45) is 58.9. The lowest BCUT2D eigenvalue weighted by molar-refractivity contribution is -0.870. The number of carbonyl (C=O) groups excluding carboxylic acids is 2. The zero-order valence-corrected chi connectivity index (χ0v) is 47.7. The van der Waals surface area contributed by atoms with Gasteiger partial charge in [-0.05, 0) is 12.8 Å². The van der Waals surface area contributed by atoms with E-state index in [1.165, 1.54) is 250 Å². The minimum absolute atomic E-state index is 0.0375. The molecule has 0 bridgehead atoms. The number of likely N-dealkylation sites (N-methyl/N-ethyl adjacent to an activating group) is 1. The van der Waals surface area contributed by atoms with Crippen LogP contribution in [0.5, 0.6) is 0 Å². The van der Waals surface area contributed by atoms with E-state index in [4.69, 9.17) is 18.5 Å². The van der Waals surface area contributed by atoms with Gasteiger partial charge < -0.3 is 18.9 Å². The largest absolute Gasteiger partial charge is 0.472 e. The van der Waals surface area contributed by atoms with Crippen molar-refractivity contribution in [2.24, 2.45) is 0 Å². The van der Waals surface area contributed by atoms with Crippen LogP contribution in [0.15, 0.2) is 0 Å². The fourth-order valence-electron chi connectivity index (χ4n) is 9.20. The number of rotatable bonds is 57. The maximum Gasteiger partial charge on any atom is 0.472 e. The van der Waals surface area contributed by atoms with Crippen LogP contribution in [-0.4, -0.2) is 74.9 Å². The maximum absolute atomic E-state index is 12.8. The van der Waals surface area contributed by atoms with E-state index in [0.717, 1.165) is 38.5 Å². The van der Waals surface area contributed by atoms with Crippen LogP contribution in [0, 0.1) is 0 Å². The van der Waals surface area contributed by atoms with E-state index in [0.29, 0.717) is 17.4 Å². The monoisotopic (exact) mass is 1000 g/mol. The maximum atomic E-state index is 12.8. The fraction of sp³-hybridized carbons (Fsp3) is 0.966. The molecule has 0 aliphatic carbocycles. The average molecular weight is 1000 g/mol. The van der Waals surface area contributed by atoms with Crippen molar-refractivity contribution in [1.29, 1.82) is 0 Å². The van der Waals surface area contributed by atoms with E-state index in [2.05, 4.69) is 13.8 Å². The molecule has 0 radical (unpaired) electrons. The number of ether oxygens (including phenoxy) is 2. The Hall–Kier alpha value is -0.990. The summed E-state index contributed by atoms with van der Waals surface area (Å²) in [5.74, 6) is -0.771. The molecule has 9 nitrogen and oxygen atoms in total. The molecular formula is C59H119NO8P+. The van der Waals surface area contributed by atoms with Crippen molar-refractivity contribution in [1.82, 2.24) is 0 Å². The molecule has 0 aromatic carbocycles. The van der Waals surface area contributed by atoms with Gasteiger partial charge in [0.15, 0.2) is 6.10 Å². The number of phosphoric acid groups is 1. The van der Waals surface area contributed by atoms with Crippen molar-refractivity contribution in [3.05, 3.63) is 0 Å². The van der Waals surface area contributed by atoms with Crippen LogP contribution in [0.4, 0.5) is 0 Å². The van der Waals surface area contributed by atoms with Crippen molar-refractivity contribution < 1.29 is 42.1 Å². The molecule has 0 aromatic heterocycles. The molecule has 2 atom stereocenters. The highest BCUT2D eigenvalue weighted by Gasteiger charge is 2.27. The number of hydrogen-bond donors (Lipinski definition) is 1. The summed E-state index contributed by atoms with van der Waals surface area (Å²) < 4.78 is 34.6. The standard InChI is InChI=1S/C59H118NO8P/c1-6-8-10-12-14-16-18-20-22-24-26-28-30-32-34-36-38-40-42-44-46-48-50-52-59(62)68-57(56-67-69(63,64)66-54-53-60(3,4)5)55-65-58(61)51-49-47-45-43-41-39-37-35-33-31-29-27-25-23-21-19-17-15-13-11-9-7-2/h57H,6-56H2,1-5H3/p+1. The first-order chi connectivity index (χ1) is 33.5. The van der Waals surface area contributed by atoms with E-state index in [-0.39, 0.29) is 25.6 Å². The first kappa shape index (κ1) is 68.0. The van der Waals surface area contributed by atoms with Crippen molar-refractivity contribution in [3.8, 4) is 0 Å². The van der Waals surface area contributed by atoms with Gasteiger partial charge in [0.05, 0.1) is 27.7 Å². The van der Waals surface area contributed by atoms with Crippen LogP contribution in [-0.2, 0) is 32.7 Å². The molecular weight excluding hydrogens is 882 g/mol. The molecule has 69 heavy (non-hydrogen) atoms. The Labute approximate surface area is 429 Å². The van der Waals surface area contributed by atoms with E-state index < -0.39 is 26.5 Å². The molecule has 0 fully saturated rings. The summed E-state index contributed by atoms with van der Waals surface area (Å²) >= 11 is 0. The smallest absolute Gasteiger partial charge is 0.462 e. The fourth-order valence-corrected chi connectivity index (χ4v) is 9.94. The second-order valence-corrected chi connectivity index (χ2v) is 23.6. The Morgan fingerprint density at radius 3 is 0.928 bits per heavy atom. The highest BCUT2D eigenvalue weighted by atomic mass is 31.2. The van der Waals surface area contributed by atoms with Crippen molar-refractivity contribution >= 4 is 19.8 Å². The van der Waals surface area contributed by atoms with E-state index in [1.807, 2.05) is 21.1 Å². The lowest BCUT2D eigenvalue weighted by Crippen LogP contribution is -2.37. The molecule has 412 valence electrons. The van der Waals surface area contributed by atoms with Gasteiger partial charge in [-0.15, -0.1) is 0 Å². The van der Waals surface area contributed by atoms with Gasteiger partial charge in [0.2, 0.25) is 0 Å². The van der Waals surface area contributed by atoms with E-state index in [1.54, 1.807) is 0 Å². The summed E-state index contributed by atoms with van der Waals surface area (Å²) in [5, 5.41) is 0. The molecule has 2 unspecified atom stereocenters. The van der Waals surface area contributed by atoms with Crippen LogP contribution < -0.4 is 0 Å². The van der Waals surface area contributed by atoms with Crippen LogP contribution in [0.1, 0.15) is 316 Å². The Kier molecular flexibility index (Phi) is 51.1. The van der Waals surface area contributed by atoms with Gasteiger partial charge >= 0.3 is 19.8 Å². The van der Waals surface area contributed by atoms with Crippen LogP contribution in [0.3, 0.4) is 0 Å². The Morgan fingerprint density at radius 1 is 0.391 bits per heavy atom. The minimum atomic E-state index is -4.38. The number of unbranched alkanes of at least 4 members (excludes halogenated alkanes) is 43. The van der Waals surface area contributed by atoms with Crippen LogP contribution in [0.2, 0.25) is 0 Å². The quantitative estimate of drug-likeness (QED) is 0.0278. The summed E-state index contributed by atoms with van der Waals surface area (Å²) in [4.78, 5) is 35.7. The summed E-state index contributed by atoms with van der Waals surface area (Å²) in [5.41, 5.74) is 0. The second kappa shape index (κ2) is 51.9. The average Bonchev–Trinajstić information content (AvgIpc) is 3.31. The normalized spacial score (nSPS) is 13.2. The van der Waals surface area contributed by atoms with Gasteiger partial charge in [0.1, 0.15) is 19.8 Å². The lowest BCUT2D eigenvalue weighted by atomic mass is 10.0. The molecule has 0 heterocycles. The number of phosphoric ester groups is 1. The third-order valence-electron chi connectivity index (χ3n) is 13.9. The lowest BCUT2D eigenvalue weighted by Gasteiger charge is -2.24. The topological polar surface area (TPSA) is 108 Å². The number of carbonyl (C=O) groups is 2. The number of hydrogen-bond acceptors (Lipinski definition) is 7. The predicted octanol–water partition coefficient (Wildman–Crippen LogP) is 18.7. The van der Waals surface area contributed by atoms with E-state index in [9.17, 15) is 19.0 Å². The van der Waals surface area contributed by atoms with Gasteiger partial charge in [-0.2, -0.15) is 0 Å². The van der Waals surface area contributed by atoms with Gasteiger partial charge in [-0.25, -0.2) is 4.57 Å². The zero-order valence-electron chi connectivity index (χ0n) is 46.8. The molecule has 0 spiro atoms. The van der Waals surface area contributed by atoms with Gasteiger partial charge in [-0.3, -0.25) is 18.6 Å². The van der Waals surface area contributed by atoms with Gasteiger partial charge in [0.25, 0.3) is 0 Å². The molecule has 0 aromatic rings. The first-order valence-corrected chi connectivity index (χ1v) is 31.8. The van der Waals surface area contributed by atoms with Crippen molar-refractivity contribution in [2.45, 2.75) is 322 Å². The Balaban J connectivity index is 4.08. The molecule has 0 aliphatic heterocycles. The molecule has 0 saturated carbocycles. The van der Waals surface area contributed by atoms with Crippen LogP contribution in [0.25, 0.3) is 0 Å². The summed E-state index contributed by atoms with van der Waals surface area (Å²) in [7, 11) is 1.50. The van der Waals surface area contributed by atoms with Crippen molar-refractivity contribution in [2.75, 3.05) is 47.5 Å². The molecule has 0 amide bonds. The Morgan fingerprint density at radius 2 is 0.652 bits per heavy atom. The number of nitrogens with zero attached hydrogens (tertiary/aromatic N) is 1. The predicted molar refractivity (Wildman–Crippen MR) is 294 cm³/mol. The molecule has 0 aliphatic rings. The van der Waals surface area contributed by atoms with Gasteiger partial charge in [0, 0.05) is 12.8 Å². The highest BCUT2D eigenvalue weighted by molar-refractivity contribution is 7.47. The number of quaternary nitrogens is 1. The van der Waals surface area contributed by atoms with Crippen molar-refractivity contribution in [3.63, 3.8) is 0 Å². The summed E-state index contributed by atoms with van der Waals surface area (Å²) in [6, 6.07) is 0. The Bertz CT molecular complexity index is 1130. The molecule has 10 heteroatoms. The third-order valence-corrected chi connectivity index (χ3v) is 14.9. The molecule has 0 saturated heterocycles. The van der Waals surface area contributed by atoms with Gasteiger partial charge in [-0.1, -0.05) is 290 Å². The van der Waals surface area contributed by atoms with Crippen LogP contribution >= 0.6 is 7.82 Å². The minimum Gasteiger partial charge on any atom is -0.462 e. The molecule has 1 N–H and O–H groups in total. The first-order valence-electron chi connectivity index (χ1n) is 30.3. The highest BCUT2D eigenvalue weighted by Crippen LogP contribution is 2.43. The third kappa shape index (κ3) is 56.2. The second-order valence-electron chi connectivity index (χ2n) is 22.1. The summed E-state index contributed by atoms with van der Waals surface area (Å²) in [6.45, 7) is 4.52. The zero-order chi connectivity index (χ0) is 50.6. The SMILES string of the molecule is CCCCCCCCCCCCCCCCCCCCCCCCCC(=O)OC(COC(=O)CCCCCCCCCCCCCCCCCCCCCCCC)COP(=O)(O)OCC[N+](C)(C)C. The molecule has 0 rings (SSSR count). The van der Waals surface area contributed by atoms with E-state index >= 15 is 0 Å².